The molecule has 0 heterocycles. The second-order valence-corrected chi connectivity index (χ2v) is 3.18. The second kappa shape index (κ2) is 2.55. The molecule has 0 atom stereocenters. The summed E-state index contributed by atoms with van der Waals surface area (Å²) in [6.45, 7) is 4.25. The summed E-state index contributed by atoms with van der Waals surface area (Å²) in [4.78, 5) is 0. The first-order valence-corrected chi connectivity index (χ1v) is 3.91. The Labute approximate surface area is 64.1 Å². The molecule has 9 heavy (non-hydrogen) atoms. The quantitative estimate of drug-likeness (QED) is 0.525. The fraction of sp³-hybridized carbons (Fsp3) is 0.250. The number of benzene rings is 1. The molecule has 0 unspecified atom stereocenters. The first-order chi connectivity index (χ1) is 4.22. The van der Waals surface area contributed by atoms with Crippen LogP contribution in [-0.2, 0) is 0 Å². The van der Waals surface area contributed by atoms with Crippen LogP contribution in [0.3, 0.4) is 0 Å². The third-order valence-corrected chi connectivity index (χ3v) is 2.92. The molecule has 1 aromatic rings. The minimum atomic E-state index is 1.35. The Hall–Kier alpha value is -0.261. The van der Waals surface area contributed by atoms with E-state index in [0.29, 0.717) is 0 Å². The normalized spacial score (nSPS) is 9.67. The molecule has 1 aromatic carbocycles. The Bertz CT molecular complexity index is 196. The number of hydrogen-bond acceptors (Lipinski definition) is 0. The summed E-state index contributed by atoms with van der Waals surface area (Å²) in [7, 11) is 0. The summed E-state index contributed by atoms with van der Waals surface area (Å²) >= 11 is 2.60. The molecule has 0 aliphatic rings. The number of rotatable bonds is 0. The molecule has 0 aliphatic carbocycles. The van der Waals surface area contributed by atoms with Gasteiger partial charge in [-0.2, -0.15) is 0 Å². The van der Waals surface area contributed by atoms with Crippen LogP contribution < -0.4 is 4.46 Å². The van der Waals surface area contributed by atoms with E-state index in [2.05, 4.69) is 48.1 Å². The Morgan fingerprint density at radius 2 is 1.56 bits per heavy atom. The summed E-state index contributed by atoms with van der Waals surface area (Å²) < 4.78 is 1.35. The summed E-state index contributed by atoms with van der Waals surface area (Å²) in [5, 5.41) is 0. The fourth-order valence-corrected chi connectivity index (χ4v) is 1.12. The van der Waals surface area contributed by atoms with Crippen LogP contribution in [0, 0.1) is 13.8 Å². The van der Waals surface area contributed by atoms with E-state index in [0.717, 1.165) is 0 Å². The minimum absolute atomic E-state index is 1.35. The van der Waals surface area contributed by atoms with E-state index in [1.54, 1.807) is 0 Å². The summed E-state index contributed by atoms with van der Waals surface area (Å²) in [6.07, 6.45) is 0. The van der Waals surface area contributed by atoms with Gasteiger partial charge in [0.15, 0.2) is 0 Å². The van der Waals surface area contributed by atoms with Gasteiger partial charge in [-0.1, -0.05) is 0 Å². The van der Waals surface area contributed by atoms with Gasteiger partial charge < -0.3 is 0 Å². The molecule has 0 saturated heterocycles. The molecule has 0 bridgehead atoms. The van der Waals surface area contributed by atoms with E-state index in [1.807, 2.05) is 0 Å². The van der Waals surface area contributed by atoms with Gasteiger partial charge in [0.05, 0.1) is 0 Å². The van der Waals surface area contributed by atoms with Gasteiger partial charge in [0, 0.05) is 0 Å². The monoisotopic (exact) mass is 186 g/mol. The van der Waals surface area contributed by atoms with Crippen LogP contribution in [0.5, 0.6) is 0 Å². The van der Waals surface area contributed by atoms with E-state index in [9.17, 15) is 0 Å². The van der Waals surface area contributed by atoms with E-state index in [1.165, 1.54) is 15.6 Å². The van der Waals surface area contributed by atoms with Gasteiger partial charge >= 0.3 is 63.6 Å². The van der Waals surface area contributed by atoms with E-state index >= 15 is 0 Å². The molecule has 0 amide bonds. The van der Waals surface area contributed by atoms with Gasteiger partial charge in [-0.15, -0.1) is 0 Å². The van der Waals surface area contributed by atoms with Crippen LogP contribution in [0.2, 0.25) is 0 Å². The van der Waals surface area contributed by atoms with Crippen molar-refractivity contribution in [3.63, 3.8) is 0 Å². The summed E-state index contributed by atoms with van der Waals surface area (Å²) in [5.74, 6) is 0. The zero-order chi connectivity index (χ0) is 6.85. The molecule has 0 radical (unpaired) electrons. The topological polar surface area (TPSA) is 0 Å². The Balaban J connectivity index is 3.25. The van der Waals surface area contributed by atoms with Crippen LogP contribution in [0.15, 0.2) is 18.2 Å². The summed E-state index contributed by atoms with van der Waals surface area (Å²) in [6, 6.07) is 6.34. The van der Waals surface area contributed by atoms with Gasteiger partial charge in [-0.05, 0) is 0 Å². The van der Waals surface area contributed by atoms with Crippen molar-refractivity contribution in [3.8, 4) is 0 Å². The Morgan fingerprint density at radius 1 is 1.11 bits per heavy atom. The predicted molar refractivity (Wildman–Crippen MR) is 42.7 cm³/mol. The van der Waals surface area contributed by atoms with Crippen LogP contribution in [0.1, 0.15) is 11.1 Å². The van der Waals surface area contributed by atoms with Gasteiger partial charge in [0.1, 0.15) is 0 Å². The van der Waals surface area contributed by atoms with Crippen molar-refractivity contribution in [2.75, 3.05) is 0 Å². The SMILES string of the molecule is Cc1cccc(C)c1[SeH]. The molecule has 1 heteroatoms. The van der Waals surface area contributed by atoms with Crippen LogP contribution in [-0.4, -0.2) is 16.0 Å². The molecule has 0 spiro atoms. The zero-order valence-corrected chi connectivity index (χ0v) is 7.56. The average Bonchev–Trinajstić information content (AvgIpc) is 1.83. The standard InChI is InChI=1S/C8H10Se/c1-6-4-3-5-7(2)8(6)9/h3-5,9H,1-2H3. The van der Waals surface area contributed by atoms with Gasteiger partial charge in [-0.25, -0.2) is 0 Å². The molecule has 0 nitrogen and oxygen atoms in total. The van der Waals surface area contributed by atoms with Gasteiger partial charge in [0.25, 0.3) is 0 Å². The maximum absolute atomic E-state index is 2.60. The maximum atomic E-state index is 2.60. The van der Waals surface area contributed by atoms with Crippen LogP contribution >= 0.6 is 0 Å². The predicted octanol–water partition coefficient (Wildman–Crippen LogP) is 0.830. The third-order valence-electron chi connectivity index (χ3n) is 1.44. The van der Waals surface area contributed by atoms with Gasteiger partial charge in [-0.3, -0.25) is 0 Å². The fourth-order valence-electron chi connectivity index (χ4n) is 0.806. The van der Waals surface area contributed by atoms with Crippen LogP contribution in [0.25, 0.3) is 0 Å². The van der Waals surface area contributed by atoms with E-state index in [-0.39, 0.29) is 0 Å². The van der Waals surface area contributed by atoms with Gasteiger partial charge in [0.2, 0.25) is 0 Å². The Morgan fingerprint density at radius 3 is 1.89 bits per heavy atom. The molecule has 0 N–H and O–H groups in total. The molecule has 0 aromatic heterocycles. The zero-order valence-electron chi connectivity index (χ0n) is 5.68. The van der Waals surface area contributed by atoms with Crippen molar-refractivity contribution in [1.82, 2.24) is 0 Å². The second-order valence-electron chi connectivity index (χ2n) is 2.24. The van der Waals surface area contributed by atoms with Crippen LogP contribution in [0.4, 0.5) is 0 Å². The van der Waals surface area contributed by atoms with E-state index in [4.69, 9.17) is 0 Å². The number of aryl methyl sites for hydroxylation is 2. The van der Waals surface area contributed by atoms with Crippen molar-refractivity contribution in [2.24, 2.45) is 0 Å². The molecule has 0 saturated carbocycles. The first-order valence-electron chi connectivity index (χ1n) is 2.97. The molecule has 1 rings (SSSR count). The average molecular weight is 185 g/mol. The van der Waals surface area contributed by atoms with Crippen molar-refractivity contribution < 1.29 is 0 Å². The van der Waals surface area contributed by atoms with Crippen molar-refractivity contribution in [2.45, 2.75) is 13.8 Å². The molecular formula is C8H10Se. The van der Waals surface area contributed by atoms with Crippen molar-refractivity contribution in [3.05, 3.63) is 29.3 Å². The Kier molecular flexibility index (Phi) is 1.94. The molecule has 0 fully saturated rings. The molecule has 0 aliphatic heterocycles. The molecule has 48 valence electrons. The van der Waals surface area contributed by atoms with Crippen molar-refractivity contribution in [1.29, 1.82) is 0 Å². The van der Waals surface area contributed by atoms with Crippen molar-refractivity contribution >= 4 is 20.5 Å². The summed E-state index contributed by atoms with van der Waals surface area (Å²) in [5.41, 5.74) is 2.71. The number of hydrogen-bond donors (Lipinski definition) is 0. The molecular weight excluding hydrogens is 175 g/mol. The van der Waals surface area contributed by atoms with E-state index < -0.39 is 0 Å². The first kappa shape index (κ1) is 6.85. The third kappa shape index (κ3) is 1.35.